The summed E-state index contributed by atoms with van der Waals surface area (Å²) in [4.78, 5) is 3.95. The summed E-state index contributed by atoms with van der Waals surface area (Å²) in [6.07, 6.45) is 1.11. The molecule has 2 rings (SSSR count). The second-order valence-electron chi connectivity index (χ2n) is 8.76. The van der Waals surface area contributed by atoms with Crippen LogP contribution in [0.15, 0.2) is 36.5 Å². The minimum Gasteiger partial charge on any atom is -0.392 e. The number of rotatable bonds is 3. The summed E-state index contributed by atoms with van der Waals surface area (Å²) in [6.45, 7) is 11.9. The summed E-state index contributed by atoms with van der Waals surface area (Å²) >= 11 is 0. The number of nitrogens with zero attached hydrogens (tertiary/aromatic N) is 1. The van der Waals surface area contributed by atoms with Crippen LogP contribution in [0, 0.1) is 36.0 Å². The normalized spacial score (nSPS) is 13.2. The molecule has 0 amide bonds. The van der Waals surface area contributed by atoms with E-state index >= 15 is 0 Å². The Kier molecular flexibility index (Phi) is 13.0. The molecule has 0 radical (unpaired) electrons. The fourth-order valence-corrected chi connectivity index (χ4v) is 2.07. The van der Waals surface area contributed by atoms with Crippen molar-refractivity contribution in [2.45, 2.75) is 60.2 Å². The minimum atomic E-state index is -0.649. The van der Waals surface area contributed by atoms with Crippen molar-refractivity contribution >= 4 is 0 Å². The molecule has 3 nitrogen and oxygen atoms in total. The van der Waals surface area contributed by atoms with E-state index in [1.165, 1.54) is 0 Å². The zero-order chi connectivity index (χ0) is 20.8. The van der Waals surface area contributed by atoms with Gasteiger partial charge in [0, 0.05) is 24.3 Å². The predicted molar refractivity (Wildman–Crippen MR) is 110 cm³/mol. The Balaban J connectivity index is 0. The average Bonchev–Trinajstić information content (AvgIpc) is 2.54. The molecule has 2 atom stereocenters. The van der Waals surface area contributed by atoms with E-state index in [0.29, 0.717) is 12.1 Å². The molecule has 0 fully saturated rings. The van der Waals surface area contributed by atoms with Crippen LogP contribution in [-0.2, 0) is 21.1 Å². The second kappa shape index (κ2) is 12.5. The molecule has 6 heteroatoms. The van der Waals surface area contributed by atoms with E-state index in [-0.39, 0.29) is 44.9 Å². The number of benzene rings is 1. The van der Waals surface area contributed by atoms with Crippen molar-refractivity contribution in [3.05, 3.63) is 61.7 Å². The van der Waals surface area contributed by atoms with Gasteiger partial charge in [-0.05, 0) is 22.6 Å². The molecule has 2 aromatic rings. The van der Waals surface area contributed by atoms with E-state index in [1.807, 2.05) is 41.5 Å². The summed E-state index contributed by atoms with van der Waals surface area (Å²) in [7, 11) is 0. The Labute approximate surface area is 188 Å². The SMILES string of the molecule is CC(C)(C)C(O)CC(O)C(C)(C)C.Fc1c[c-]c(-c2ccccn2)c(F)c1.[CH3-].[Pt+2]. The first-order chi connectivity index (χ1) is 12.3. The molecule has 2 N–H and O–H groups in total. The maximum atomic E-state index is 13.2. The number of aromatic nitrogens is 1. The number of aliphatic hydroxyl groups is 2. The van der Waals surface area contributed by atoms with E-state index in [9.17, 15) is 19.0 Å². The van der Waals surface area contributed by atoms with Gasteiger partial charge in [0.15, 0.2) is 0 Å². The summed E-state index contributed by atoms with van der Waals surface area (Å²) in [5.74, 6) is -1.29. The third-order valence-corrected chi connectivity index (χ3v) is 4.22. The van der Waals surface area contributed by atoms with Crippen molar-refractivity contribution in [2.24, 2.45) is 10.8 Å². The first kappa shape index (κ1) is 30.0. The number of pyridine rings is 1. The predicted octanol–water partition coefficient (Wildman–Crippen LogP) is 5.47. The molecular weight excluding hydrogens is 555 g/mol. The van der Waals surface area contributed by atoms with Crippen molar-refractivity contribution < 1.29 is 40.1 Å². The number of hydrogen-bond acceptors (Lipinski definition) is 3. The fourth-order valence-electron chi connectivity index (χ4n) is 2.07. The van der Waals surface area contributed by atoms with Crippen molar-refractivity contribution in [1.29, 1.82) is 0 Å². The molecule has 166 valence electrons. The zero-order valence-corrected chi connectivity index (χ0v) is 20.5. The van der Waals surface area contributed by atoms with Crippen LogP contribution in [0.5, 0.6) is 0 Å². The van der Waals surface area contributed by atoms with E-state index in [2.05, 4.69) is 11.1 Å². The summed E-state index contributed by atoms with van der Waals surface area (Å²) in [5.41, 5.74) is 0.343. The van der Waals surface area contributed by atoms with Crippen molar-refractivity contribution in [3.63, 3.8) is 0 Å². The molecule has 0 aliphatic rings. The molecule has 1 heterocycles. The van der Waals surface area contributed by atoms with Crippen LogP contribution in [0.3, 0.4) is 0 Å². The van der Waals surface area contributed by atoms with E-state index in [1.54, 1.807) is 24.4 Å². The zero-order valence-electron chi connectivity index (χ0n) is 18.2. The maximum absolute atomic E-state index is 13.2. The number of hydrogen-bond donors (Lipinski definition) is 2. The molecule has 1 aromatic carbocycles. The van der Waals surface area contributed by atoms with E-state index < -0.39 is 23.8 Å². The third-order valence-electron chi connectivity index (χ3n) is 4.22. The fraction of sp³-hybridized carbons (Fsp3) is 0.478. The van der Waals surface area contributed by atoms with Gasteiger partial charge in [-0.2, -0.15) is 0 Å². The average molecular weight is 589 g/mol. The van der Waals surface area contributed by atoms with Crippen LogP contribution < -0.4 is 0 Å². The molecule has 0 spiro atoms. The van der Waals surface area contributed by atoms with Gasteiger partial charge in [-0.3, -0.25) is 8.78 Å². The molecule has 29 heavy (non-hydrogen) atoms. The smallest absolute Gasteiger partial charge is 0.392 e. The van der Waals surface area contributed by atoms with Crippen LogP contribution in [-0.4, -0.2) is 27.4 Å². The minimum absolute atomic E-state index is 0. The Hall–Kier alpha value is -1.16. The van der Waals surface area contributed by atoms with Crippen molar-refractivity contribution in [2.75, 3.05) is 0 Å². The van der Waals surface area contributed by atoms with Gasteiger partial charge in [0.2, 0.25) is 0 Å². The molecular formula is C23H33F2NO2Pt. The Bertz CT molecular complexity index is 695. The van der Waals surface area contributed by atoms with Gasteiger partial charge in [-0.25, -0.2) is 0 Å². The molecule has 1 aromatic heterocycles. The van der Waals surface area contributed by atoms with Crippen LogP contribution in [0.4, 0.5) is 8.78 Å². The van der Waals surface area contributed by atoms with Gasteiger partial charge in [0.05, 0.1) is 12.2 Å². The van der Waals surface area contributed by atoms with Gasteiger partial charge in [0.1, 0.15) is 0 Å². The molecule has 0 saturated heterocycles. The first-order valence-corrected chi connectivity index (χ1v) is 8.96. The standard InChI is InChI=1S/C11H6F2N.C11H24O2.CH3.Pt/c12-8-4-5-9(10(13)7-8)11-3-1-2-6-14-11;1-10(2,3)8(12)7-9(13)11(4,5)6;;/h1-4,6-7H;8-9,12-13H,7H2,1-6H3;1H3;/q-1;;-1;+2. The molecule has 0 aliphatic carbocycles. The van der Waals surface area contributed by atoms with Gasteiger partial charge >= 0.3 is 21.1 Å². The first-order valence-electron chi connectivity index (χ1n) is 8.96. The number of aliphatic hydroxyl groups excluding tert-OH is 2. The maximum Gasteiger partial charge on any atom is 2.00 e. The van der Waals surface area contributed by atoms with Crippen LogP contribution in [0.25, 0.3) is 11.3 Å². The monoisotopic (exact) mass is 588 g/mol. The molecule has 0 aliphatic heterocycles. The van der Waals surface area contributed by atoms with Crippen LogP contribution >= 0.6 is 0 Å². The van der Waals surface area contributed by atoms with Gasteiger partial charge < -0.3 is 22.6 Å². The molecule has 0 bridgehead atoms. The van der Waals surface area contributed by atoms with Gasteiger partial charge in [-0.1, -0.05) is 65.3 Å². The van der Waals surface area contributed by atoms with Crippen molar-refractivity contribution in [3.8, 4) is 11.3 Å². The van der Waals surface area contributed by atoms with E-state index in [4.69, 9.17) is 0 Å². The second-order valence-corrected chi connectivity index (χ2v) is 8.76. The van der Waals surface area contributed by atoms with Crippen LogP contribution in [0.1, 0.15) is 48.0 Å². The Morgan fingerprint density at radius 2 is 1.52 bits per heavy atom. The third kappa shape index (κ3) is 10.4. The Morgan fingerprint density at radius 3 is 1.90 bits per heavy atom. The summed E-state index contributed by atoms with van der Waals surface area (Å²) < 4.78 is 25.8. The van der Waals surface area contributed by atoms with Gasteiger partial charge in [-0.15, -0.1) is 12.1 Å². The summed E-state index contributed by atoms with van der Waals surface area (Å²) in [5, 5.41) is 19.5. The number of halogens is 2. The van der Waals surface area contributed by atoms with E-state index in [0.717, 1.165) is 12.1 Å². The Morgan fingerprint density at radius 1 is 1.00 bits per heavy atom. The quantitative estimate of drug-likeness (QED) is 0.468. The molecule has 2 unspecified atom stereocenters. The van der Waals surface area contributed by atoms with Gasteiger partial charge in [0.25, 0.3) is 0 Å². The molecule has 0 saturated carbocycles. The summed E-state index contributed by atoms with van der Waals surface area (Å²) in [6, 6.07) is 9.53. The van der Waals surface area contributed by atoms with Crippen molar-refractivity contribution in [1.82, 2.24) is 4.98 Å². The topological polar surface area (TPSA) is 53.4 Å². The largest absolute Gasteiger partial charge is 2.00 e. The van der Waals surface area contributed by atoms with Crippen LogP contribution in [0.2, 0.25) is 0 Å².